The standard InChI is InChI=1S/C16H17Cl2NO2S/c1-16(2,3)21-14(20)7-10-8-22-9-13(10)19-15-11(17)5-4-6-12(15)18/h4-6,8-9,19H,7H2,1-3H3. The number of rotatable bonds is 4. The number of carbonyl (C=O) groups excluding carboxylic acids is 1. The minimum Gasteiger partial charge on any atom is -0.460 e. The summed E-state index contributed by atoms with van der Waals surface area (Å²) in [6.45, 7) is 5.55. The van der Waals surface area contributed by atoms with Gasteiger partial charge in [0.1, 0.15) is 5.60 Å². The lowest BCUT2D eigenvalue weighted by atomic mass is 10.1. The maximum atomic E-state index is 12.0. The number of carbonyl (C=O) groups is 1. The molecule has 0 spiro atoms. The van der Waals surface area contributed by atoms with Gasteiger partial charge in [0.05, 0.1) is 27.8 Å². The Kier molecular flexibility index (Phi) is 5.37. The summed E-state index contributed by atoms with van der Waals surface area (Å²) in [6.07, 6.45) is 0.200. The predicted molar refractivity (Wildman–Crippen MR) is 93.6 cm³/mol. The molecule has 3 nitrogen and oxygen atoms in total. The molecule has 0 aliphatic heterocycles. The van der Waals surface area contributed by atoms with Crippen LogP contribution in [0.5, 0.6) is 0 Å². The molecule has 118 valence electrons. The number of thiophene rings is 1. The Labute approximate surface area is 144 Å². The van der Waals surface area contributed by atoms with E-state index in [0.717, 1.165) is 11.3 Å². The molecule has 2 rings (SSSR count). The largest absolute Gasteiger partial charge is 0.460 e. The van der Waals surface area contributed by atoms with Gasteiger partial charge in [-0.15, -0.1) is 11.3 Å². The molecule has 0 unspecified atom stereocenters. The fraction of sp³-hybridized carbons (Fsp3) is 0.312. The van der Waals surface area contributed by atoms with Crippen molar-refractivity contribution in [2.45, 2.75) is 32.8 Å². The lowest BCUT2D eigenvalue weighted by Crippen LogP contribution is -2.24. The van der Waals surface area contributed by atoms with Crippen LogP contribution in [0, 0.1) is 0 Å². The first-order chi connectivity index (χ1) is 10.3. The zero-order valence-corrected chi connectivity index (χ0v) is 14.9. The molecule has 0 amide bonds. The van der Waals surface area contributed by atoms with Crippen LogP contribution in [0.1, 0.15) is 26.3 Å². The van der Waals surface area contributed by atoms with Crippen LogP contribution >= 0.6 is 34.5 Å². The molecule has 1 heterocycles. The Hall–Kier alpha value is -1.23. The van der Waals surface area contributed by atoms with Gasteiger partial charge in [-0.3, -0.25) is 4.79 Å². The third-order valence-corrected chi connectivity index (χ3v) is 4.14. The predicted octanol–water partition coefficient (Wildman–Crippen LogP) is 5.68. The van der Waals surface area contributed by atoms with Gasteiger partial charge in [-0.2, -0.15) is 0 Å². The summed E-state index contributed by atoms with van der Waals surface area (Å²) in [5.74, 6) is -0.265. The summed E-state index contributed by atoms with van der Waals surface area (Å²) < 4.78 is 5.35. The number of hydrogen-bond donors (Lipinski definition) is 1. The monoisotopic (exact) mass is 357 g/mol. The first-order valence-corrected chi connectivity index (χ1v) is 8.44. The summed E-state index contributed by atoms with van der Waals surface area (Å²) in [6, 6.07) is 5.30. The molecule has 1 aromatic heterocycles. The van der Waals surface area contributed by atoms with Crippen molar-refractivity contribution >= 4 is 51.9 Å². The highest BCUT2D eigenvalue weighted by Crippen LogP contribution is 2.35. The van der Waals surface area contributed by atoms with E-state index in [2.05, 4.69) is 5.32 Å². The smallest absolute Gasteiger partial charge is 0.310 e. The third kappa shape index (κ3) is 4.63. The maximum Gasteiger partial charge on any atom is 0.310 e. The van der Waals surface area contributed by atoms with Crippen molar-refractivity contribution in [3.8, 4) is 0 Å². The number of hydrogen-bond acceptors (Lipinski definition) is 4. The molecule has 1 aromatic carbocycles. The fourth-order valence-electron chi connectivity index (χ4n) is 1.85. The number of nitrogens with one attached hydrogen (secondary N) is 1. The van der Waals surface area contributed by atoms with Crippen molar-refractivity contribution in [1.82, 2.24) is 0 Å². The van der Waals surface area contributed by atoms with Gasteiger partial charge in [0.25, 0.3) is 0 Å². The molecule has 1 N–H and O–H groups in total. The van der Waals surface area contributed by atoms with E-state index in [9.17, 15) is 4.79 Å². The van der Waals surface area contributed by atoms with Crippen LogP contribution in [0.3, 0.4) is 0 Å². The van der Waals surface area contributed by atoms with Gasteiger partial charge >= 0.3 is 5.97 Å². The van der Waals surface area contributed by atoms with Gasteiger partial charge in [-0.1, -0.05) is 29.3 Å². The van der Waals surface area contributed by atoms with Crippen LogP contribution in [0.4, 0.5) is 11.4 Å². The Balaban J connectivity index is 2.15. The molecule has 0 fully saturated rings. The minimum absolute atomic E-state index is 0.200. The van der Waals surface area contributed by atoms with E-state index >= 15 is 0 Å². The van der Waals surface area contributed by atoms with E-state index < -0.39 is 5.60 Å². The van der Waals surface area contributed by atoms with Gasteiger partial charge in [0.15, 0.2) is 0 Å². The van der Waals surface area contributed by atoms with Crippen molar-refractivity contribution in [3.05, 3.63) is 44.6 Å². The zero-order chi connectivity index (χ0) is 16.3. The van der Waals surface area contributed by atoms with Crippen LogP contribution in [-0.2, 0) is 16.0 Å². The van der Waals surface area contributed by atoms with Gasteiger partial charge in [0, 0.05) is 5.38 Å². The van der Waals surface area contributed by atoms with Crippen molar-refractivity contribution < 1.29 is 9.53 Å². The Morgan fingerprint density at radius 3 is 2.45 bits per heavy atom. The van der Waals surface area contributed by atoms with Crippen LogP contribution in [-0.4, -0.2) is 11.6 Å². The number of benzene rings is 1. The normalized spacial score (nSPS) is 11.3. The number of para-hydroxylation sites is 1. The van der Waals surface area contributed by atoms with Gasteiger partial charge in [-0.05, 0) is 43.8 Å². The number of anilines is 2. The molecule has 22 heavy (non-hydrogen) atoms. The Bertz CT molecular complexity index is 657. The van der Waals surface area contributed by atoms with Crippen molar-refractivity contribution in [3.63, 3.8) is 0 Å². The molecule has 0 atom stereocenters. The van der Waals surface area contributed by atoms with E-state index in [-0.39, 0.29) is 12.4 Å². The first-order valence-electron chi connectivity index (χ1n) is 6.74. The van der Waals surface area contributed by atoms with Crippen molar-refractivity contribution in [2.75, 3.05) is 5.32 Å². The van der Waals surface area contributed by atoms with E-state index in [1.54, 1.807) is 18.2 Å². The topological polar surface area (TPSA) is 38.3 Å². The fourth-order valence-corrected chi connectivity index (χ4v) is 3.14. The van der Waals surface area contributed by atoms with E-state index in [0.29, 0.717) is 15.7 Å². The van der Waals surface area contributed by atoms with E-state index in [1.807, 2.05) is 31.5 Å². The Morgan fingerprint density at radius 2 is 1.86 bits per heavy atom. The maximum absolute atomic E-state index is 12.0. The number of esters is 1. The molecular weight excluding hydrogens is 341 g/mol. The van der Waals surface area contributed by atoms with Crippen LogP contribution in [0.15, 0.2) is 29.0 Å². The summed E-state index contributed by atoms with van der Waals surface area (Å²) in [4.78, 5) is 12.0. The Morgan fingerprint density at radius 1 is 1.23 bits per heavy atom. The van der Waals surface area contributed by atoms with Crippen molar-refractivity contribution in [2.24, 2.45) is 0 Å². The molecule has 0 saturated carbocycles. The second-order valence-corrected chi connectivity index (χ2v) is 7.35. The van der Waals surface area contributed by atoms with E-state index in [4.69, 9.17) is 27.9 Å². The third-order valence-electron chi connectivity index (χ3n) is 2.72. The molecule has 6 heteroatoms. The lowest BCUT2D eigenvalue weighted by Gasteiger charge is -2.19. The number of halogens is 2. The highest BCUT2D eigenvalue weighted by Gasteiger charge is 2.18. The van der Waals surface area contributed by atoms with E-state index in [1.165, 1.54) is 11.3 Å². The summed E-state index contributed by atoms with van der Waals surface area (Å²) in [5.41, 5.74) is 1.81. The van der Waals surface area contributed by atoms with Gasteiger partial charge in [0.2, 0.25) is 0 Å². The SMILES string of the molecule is CC(C)(C)OC(=O)Cc1cscc1Nc1c(Cl)cccc1Cl. The summed E-state index contributed by atoms with van der Waals surface area (Å²) in [5, 5.41) is 8.08. The molecule has 0 aliphatic rings. The quantitative estimate of drug-likeness (QED) is 0.715. The average Bonchev–Trinajstić information content (AvgIpc) is 2.79. The zero-order valence-electron chi connectivity index (χ0n) is 12.6. The number of ether oxygens (including phenoxy) is 1. The molecule has 2 aromatic rings. The first kappa shape index (κ1) is 17.1. The minimum atomic E-state index is -0.493. The summed E-state index contributed by atoms with van der Waals surface area (Å²) in [7, 11) is 0. The summed E-state index contributed by atoms with van der Waals surface area (Å²) >= 11 is 13.8. The van der Waals surface area contributed by atoms with Crippen LogP contribution in [0.2, 0.25) is 10.0 Å². The molecular formula is C16H17Cl2NO2S. The molecule has 0 radical (unpaired) electrons. The van der Waals surface area contributed by atoms with Gasteiger partial charge < -0.3 is 10.1 Å². The second-order valence-electron chi connectivity index (χ2n) is 5.80. The molecule has 0 saturated heterocycles. The van der Waals surface area contributed by atoms with Crippen LogP contribution < -0.4 is 5.32 Å². The van der Waals surface area contributed by atoms with Crippen molar-refractivity contribution in [1.29, 1.82) is 0 Å². The highest BCUT2D eigenvalue weighted by molar-refractivity contribution is 7.08. The average molecular weight is 358 g/mol. The second kappa shape index (κ2) is 6.90. The highest BCUT2D eigenvalue weighted by atomic mass is 35.5. The molecule has 0 aliphatic carbocycles. The molecule has 0 bridgehead atoms. The van der Waals surface area contributed by atoms with Gasteiger partial charge in [-0.25, -0.2) is 0 Å². The van der Waals surface area contributed by atoms with Crippen LogP contribution in [0.25, 0.3) is 0 Å². The lowest BCUT2D eigenvalue weighted by molar-refractivity contribution is -0.153.